The number of carbonyl (C=O) groups is 1. The fourth-order valence-corrected chi connectivity index (χ4v) is 9.47. The Balaban J connectivity index is 1.33. The number of hydrogen-bond acceptors (Lipinski definition) is 10. The number of sulfonamides is 2. The van der Waals surface area contributed by atoms with Crippen LogP contribution in [-0.2, 0) is 57.8 Å². The van der Waals surface area contributed by atoms with Gasteiger partial charge in [-0.2, -0.15) is 24.1 Å². The highest BCUT2D eigenvalue weighted by molar-refractivity contribution is 7.92. The Hall–Kier alpha value is -6.56. The van der Waals surface area contributed by atoms with Crippen LogP contribution in [0.25, 0.3) is 44.3 Å². The fourth-order valence-electron chi connectivity index (χ4n) is 8.46. The zero-order valence-electron chi connectivity index (χ0n) is 35.2. The molecule has 3 aromatic carbocycles. The molecule has 0 unspecified atom stereocenters. The van der Waals surface area contributed by atoms with Gasteiger partial charge in [0.15, 0.2) is 11.6 Å². The van der Waals surface area contributed by atoms with Crippen LogP contribution in [0.5, 0.6) is 0 Å². The second-order valence-corrected chi connectivity index (χ2v) is 19.5. The first-order valence-electron chi connectivity index (χ1n) is 19.7. The molecular formula is C41H39F6N11O5S2. The molecule has 0 fully saturated rings. The van der Waals surface area contributed by atoms with Gasteiger partial charge in [-0.3, -0.25) is 33.3 Å². The number of carbonyl (C=O) groups excluding carboxylic acids is 1. The molecule has 1 aliphatic carbocycles. The minimum Gasteiger partial charge on any atom is -0.346 e. The lowest BCUT2D eigenvalue weighted by atomic mass is 9.94. The van der Waals surface area contributed by atoms with E-state index < -0.39 is 85.7 Å². The third kappa shape index (κ3) is 8.46. The minimum atomic E-state index is -3.84. The molecule has 0 bridgehead atoms. The van der Waals surface area contributed by atoms with E-state index in [1.54, 1.807) is 43.4 Å². The molecular weight excluding hydrogens is 905 g/mol. The molecule has 342 valence electrons. The second-order valence-electron chi connectivity index (χ2n) is 16.0. The van der Waals surface area contributed by atoms with Crippen LogP contribution in [0.3, 0.4) is 0 Å². The summed E-state index contributed by atoms with van der Waals surface area (Å²) in [6.07, 6.45) is -0.377. The van der Waals surface area contributed by atoms with Gasteiger partial charge in [-0.15, -0.1) is 0 Å². The van der Waals surface area contributed by atoms with Crippen molar-refractivity contribution in [3.8, 4) is 22.5 Å². The predicted octanol–water partition coefficient (Wildman–Crippen LogP) is 6.68. The SMILES string of the molecule is C[C@@H]1c2c(C(F)F)nn(CC(=O)N[C@@H](Cc3cc(F)cc(F)c3)c3ncc(-c4cccc5c(NS(C)(=O)=O)nn(C)c45)nc3-c3cccc4c(NS(C)(=O)=O)nn(C)c34)c2C(F)(F)[C@@H]1C. The summed E-state index contributed by atoms with van der Waals surface area (Å²) in [5.74, 6) is -8.98. The quantitative estimate of drug-likeness (QED) is 0.105. The van der Waals surface area contributed by atoms with E-state index in [-0.39, 0.29) is 51.8 Å². The van der Waals surface area contributed by atoms with E-state index in [2.05, 4.69) is 30.1 Å². The number of alkyl halides is 4. The molecule has 65 heavy (non-hydrogen) atoms. The van der Waals surface area contributed by atoms with Gasteiger partial charge in [0, 0.05) is 53.5 Å². The first kappa shape index (κ1) is 45.0. The van der Waals surface area contributed by atoms with Gasteiger partial charge in [0.25, 0.3) is 12.3 Å². The molecule has 0 saturated carbocycles. The summed E-state index contributed by atoms with van der Waals surface area (Å²) < 4.78 is 147. The van der Waals surface area contributed by atoms with E-state index in [1.807, 2.05) is 0 Å². The number of halogens is 6. The highest BCUT2D eigenvalue weighted by Gasteiger charge is 2.55. The van der Waals surface area contributed by atoms with Crippen molar-refractivity contribution < 1.29 is 48.0 Å². The molecule has 0 spiro atoms. The Morgan fingerprint density at radius 2 is 1.37 bits per heavy atom. The zero-order chi connectivity index (χ0) is 47.1. The molecule has 1 aliphatic rings. The Labute approximate surface area is 367 Å². The van der Waals surface area contributed by atoms with Gasteiger partial charge in [-0.25, -0.2) is 39.4 Å². The maximum atomic E-state index is 15.7. The van der Waals surface area contributed by atoms with Crippen LogP contribution in [-0.4, -0.2) is 74.6 Å². The van der Waals surface area contributed by atoms with E-state index in [1.165, 1.54) is 36.5 Å². The molecule has 16 nitrogen and oxygen atoms in total. The van der Waals surface area contributed by atoms with Crippen molar-refractivity contribution in [1.82, 2.24) is 44.6 Å². The lowest BCUT2D eigenvalue weighted by Crippen LogP contribution is -2.35. The van der Waals surface area contributed by atoms with Crippen molar-refractivity contribution in [3.63, 3.8) is 0 Å². The van der Waals surface area contributed by atoms with Crippen molar-refractivity contribution in [2.75, 3.05) is 22.0 Å². The van der Waals surface area contributed by atoms with Crippen LogP contribution < -0.4 is 14.8 Å². The minimum absolute atomic E-state index is 0.0164. The van der Waals surface area contributed by atoms with Crippen LogP contribution in [0.15, 0.2) is 60.8 Å². The normalized spacial score (nSPS) is 16.6. The van der Waals surface area contributed by atoms with Gasteiger partial charge in [-0.1, -0.05) is 38.1 Å². The van der Waals surface area contributed by atoms with Crippen molar-refractivity contribution in [2.24, 2.45) is 20.0 Å². The van der Waals surface area contributed by atoms with Crippen LogP contribution >= 0.6 is 0 Å². The molecule has 0 aliphatic heterocycles. The summed E-state index contributed by atoms with van der Waals surface area (Å²) in [5, 5.41) is 15.9. The van der Waals surface area contributed by atoms with Gasteiger partial charge in [0.1, 0.15) is 29.6 Å². The fraction of sp³-hybridized carbons (Fsp3) is 0.317. The molecule has 4 aromatic heterocycles. The van der Waals surface area contributed by atoms with Gasteiger partial charge in [0.2, 0.25) is 26.0 Å². The first-order chi connectivity index (χ1) is 30.4. The number of hydrogen-bond donors (Lipinski definition) is 3. The average Bonchev–Trinajstić information content (AvgIpc) is 3.89. The maximum absolute atomic E-state index is 15.7. The molecule has 4 heterocycles. The maximum Gasteiger partial charge on any atom is 0.292 e. The number of anilines is 2. The van der Waals surface area contributed by atoms with E-state index in [0.717, 1.165) is 24.6 Å². The summed E-state index contributed by atoms with van der Waals surface area (Å²) in [6, 6.07) is 11.0. The van der Waals surface area contributed by atoms with Gasteiger partial charge in [0.05, 0.1) is 52.9 Å². The van der Waals surface area contributed by atoms with Crippen molar-refractivity contribution >= 4 is 59.4 Å². The highest BCUT2D eigenvalue weighted by atomic mass is 32.2. The van der Waals surface area contributed by atoms with Crippen molar-refractivity contribution in [3.05, 3.63) is 101 Å². The van der Waals surface area contributed by atoms with Gasteiger partial charge < -0.3 is 5.32 Å². The first-order valence-corrected chi connectivity index (χ1v) is 23.5. The Bertz CT molecular complexity index is 3280. The molecule has 7 aromatic rings. The van der Waals surface area contributed by atoms with Crippen molar-refractivity contribution in [1.29, 1.82) is 0 Å². The van der Waals surface area contributed by atoms with Crippen LogP contribution in [0, 0.1) is 17.6 Å². The average molecular weight is 944 g/mol. The topological polar surface area (TPSA) is 201 Å². The number of nitrogens with zero attached hydrogens (tertiary/aromatic N) is 8. The van der Waals surface area contributed by atoms with Gasteiger partial charge >= 0.3 is 0 Å². The highest BCUT2D eigenvalue weighted by Crippen LogP contribution is 2.54. The molecule has 1 amide bonds. The Morgan fingerprint density at radius 1 is 0.815 bits per heavy atom. The summed E-state index contributed by atoms with van der Waals surface area (Å²) in [5.41, 5.74) is -0.489. The van der Waals surface area contributed by atoms with E-state index in [4.69, 9.17) is 9.97 Å². The number of fused-ring (bicyclic) bond motifs is 3. The second kappa shape index (κ2) is 16.2. The standard InChI is InChI=1S/C41H39F6N11O5S2/c1-19-20(2)41(46,47)37-31(19)34(38(44)45)51-58(37)18-30(59)49-28(15-21-13-22(42)16-23(43)14-21)33-32(25-10-8-12-27-36(25)57(4)53-40(27)55-65(6,62)63)50-29(17-48-33)24-9-7-11-26-35(24)56(3)52-39(26)54-64(5,60)61/h7-14,16-17,19-20,28,38H,15,18H2,1-6H3,(H,49,59)(H,52,54)(H,53,55)/t19-,20+,28-/m0/s1. The number of aromatic nitrogens is 8. The lowest BCUT2D eigenvalue weighted by Gasteiger charge is -2.23. The molecule has 0 radical (unpaired) electrons. The largest absolute Gasteiger partial charge is 0.346 e. The molecule has 8 rings (SSSR count). The van der Waals surface area contributed by atoms with E-state index in [0.29, 0.717) is 38.1 Å². The Kier molecular flexibility index (Phi) is 11.2. The third-order valence-electron chi connectivity index (χ3n) is 11.3. The lowest BCUT2D eigenvalue weighted by molar-refractivity contribution is -0.123. The number of para-hydroxylation sites is 2. The summed E-state index contributed by atoms with van der Waals surface area (Å²) in [4.78, 5) is 24.0. The van der Waals surface area contributed by atoms with Crippen molar-refractivity contribution in [2.45, 2.75) is 51.1 Å². The number of rotatable bonds is 13. The smallest absolute Gasteiger partial charge is 0.292 e. The van der Waals surface area contributed by atoms with Crippen LogP contribution in [0.4, 0.5) is 38.0 Å². The summed E-state index contributed by atoms with van der Waals surface area (Å²) >= 11 is 0. The predicted molar refractivity (Wildman–Crippen MR) is 228 cm³/mol. The number of aryl methyl sites for hydroxylation is 2. The third-order valence-corrected chi connectivity index (χ3v) is 12.4. The van der Waals surface area contributed by atoms with E-state index >= 15 is 8.78 Å². The molecule has 3 N–H and O–H groups in total. The van der Waals surface area contributed by atoms with E-state index in [9.17, 15) is 39.2 Å². The molecule has 3 atom stereocenters. The zero-order valence-corrected chi connectivity index (χ0v) is 36.8. The summed E-state index contributed by atoms with van der Waals surface area (Å²) in [6.45, 7) is 1.62. The molecule has 0 saturated heterocycles. The van der Waals surface area contributed by atoms with Crippen LogP contribution in [0.2, 0.25) is 0 Å². The number of nitrogens with one attached hydrogen (secondary N) is 3. The number of amides is 1. The Morgan fingerprint density at radius 3 is 1.92 bits per heavy atom. The molecule has 24 heteroatoms. The number of benzene rings is 3. The summed E-state index contributed by atoms with van der Waals surface area (Å²) in [7, 11) is -4.50. The van der Waals surface area contributed by atoms with Gasteiger partial charge in [-0.05, 0) is 42.2 Å². The van der Waals surface area contributed by atoms with Crippen LogP contribution in [0.1, 0.15) is 60.4 Å². The monoisotopic (exact) mass is 943 g/mol.